The quantitative estimate of drug-likeness (QED) is 0.787. The Kier molecular flexibility index (Phi) is 3.88. The van der Waals surface area contributed by atoms with Crippen LogP contribution in [0.2, 0.25) is 0 Å². The highest BCUT2D eigenvalue weighted by atomic mass is 15.0. The first kappa shape index (κ1) is 14.0. The summed E-state index contributed by atoms with van der Waals surface area (Å²) < 4.78 is 4.56. The molecular formula is C17H26N2. The van der Waals surface area contributed by atoms with Crippen LogP contribution in [0.25, 0.3) is 0 Å². The fourth-order valence-corrected chi connectivity index (χ4v) is 2.79. The van der Waals surface area contributed by atoms with Gasteiger partial charge in [-0.15, -0.1) is 0 Å². The molecule has 0 bridgehead atoms. The molecule has 104 valence electrons. The van der Waals surface area contributed by atoms with E-state index < -0.39 is 0 Å². The second kappa shape index (κ2) is 5.28. The number of hydrogen-bond donors (Lipinski definition) is 0. The molecule has 2 aromatic heterocycles. The highest BCUT2D eigenvalue weighted by molar-refractivity contribution is 5.29. The highest BCUT2D eigenvalue weighted by Gasteiger charge is 2.14. The summed E-state index contributed by atoms with van der Waals surface area (Å²) in [5, 5.41) is 0. The van der Waals surface area contributed by atoms with Crippen molar-refractivity contribution in [1.82, 2.24) is 9.13 Å². The predicted molar refractivity (Wildman–Crippen MR) is 81.8 cm³/mol. The van der Waals surface area contributed by atoms with E-state index in [2.05, 4.69) is 69.3 Å². The van der Waals surface area contributed by atoms with Crippen molar-refractivity contribution in [2.45, 2.75) is 46.5 Å². The number of aromatic nitrogens is 2. The first-order chi connectivity index (χ1) is 8.93. The smallest absolute Gasteiger partial charge is 0.0183 e. The number of aryl methyl sites for hydroxylation is 3. The van der Waals surface area contributed by atoms with Crippen LogP contribution in [0.1, 0.15) is 48.0 Å². The molecule has 0 fully saturated rings. The highest BCUT2D eigenvalue weighted by Crippen LogP contribution is 2.24. The van der Waals surface area contributed by atoms with Gasteiger partial charge >= 0.3 is 0 Å². The Morgan fingerprint density at radius 3 is 2.32 bits per heavy atom. The largest absolute Gasteiger partial charge is 0.354 e. The van der Waals surface area contributed by atoms with E-state index in [1.807, 2.05) is 0 Å². The van der Waals surface area contributed by atoms with Gasteiger partial charge in [-0.2, -0.15) is 0 Å². The zero-order valence-corrected chi connectivity index (χ0v) is 13.1. The second-order valence-corrected chi connectivity index (χ2v) is 5.79. The third-order valence-corrected chi connectivity index (χ3v) is 4.48. The number of hydrogen-bond acceptors (Lipinski definition) is 0. The Balaban J connectivity index is 2.21. The molecule has 0 radical (unpaired) electrons. The first-order valence-electron chi connectivity index (χ1n) is 7.21. The summed E-state index contributed by atoms with van der Waals surface area (Å²) in [7, 11) is 4.31. The second-order valence-electron chi connectivity index (χ2n) is 5.79. The van der Waals surface area contributed by atoms with Gasteiger partial charge in [0.05, 0.1) is 0 Å². The van der Waals surface area contributed by atoms with E-state index in [1.54, 1.807) is 0 Å². The molecule has 0 aliphatic heterocycles. The molecule has 1 atom stereocenters. The Labute approximate surface area is 117 Å². The third kappa shape index (κ3) is 2.63. The van der Waals surface area contributed by atoms with Crippen LogP contribution in [0.15, 0.2) is 18.3 Å². The summed E-state index contributed by atoms with van der Waals surface area (Å²) in [5.74, 6) is 0.567. The molecular weight excluding hydrogens is 232 g/mol. The average molecular weight is 258 g/mol. The van der Waals surface area contributed by atoms with Crippen LogP contribution in [-0.4, -0.2) is 9.13 Å². The van der Waals surface area contributed by atoms with Crippen LogP contribution in [0.3, 0.4) is 0 Å². The third-order valence-electron chi connectivity index (χ3n) is 4.48. The molecule has 0 N–H and O–H groups in total. The van der Waals surface area contributed by atoms with Crippen molar-refractivity contribution in [1.29, 1.82) is 0 Å². The normalized spacial score (nSPS) is 12.9. The molecule has 2 nitrogen and oxygen atoms in total. The van der Waals surface area contributed by atoms with Crippen molar-refractivity contribution >= 4 is 0 Å². The van der Waals surface area contributed by atoms with E-state index in [1.165, 1.54) is 28.2 Å². The molecule has 0 saturated carbocycles. The lowest BCUT2D eigenvalue weighted by Gasteiger charge is -2.11. The van der Waals surface area contributed by atoms with Crippen molar-refractivity contribution in [2.75, 3.05) is 0 Å². The molecule has 0 aliphatic rings. The summed E-state index contributed by atoms with van der Waals surface area (Å²) in [5.41, 5.74) is 7.11. The van der Waals surface area contributed by atoms with Gasteiger partial charge in [0.1, 0.15) is 0 Å². The molecule has 0 aromatic carbocycles. The summed E-state index contributed by atoms with van der Waals surface area (Å²) in [6.07, 6.45) is 4.50. The maximum absolute atomic E-state index is 2.38. The fourth-order valence-electron chi connectivity index (χ4n) is 2.79. The van der Waals surface area contributed by atoms with Crippen molar-refractivity contribution in [3.05, 3.63) is 46.5 Å². The first-order valence-corrected chi connectivity index (χ1v) is 7.21. The molecule has 0 spiro atoms. The SMILES string of the molecule is CCc1cc(CC(C)c2cc(C)n(C)c2)n(C)c1C. The van der Waals surface area contributed by atoms with Gasteiger partial charge in [0.15, 0.2) is 0 Å². The van der Waals surface area contributed by atoms with E-state index in [0.29, 0.717) is 5.92 Å². The van der Waals surface area contributed by atoms with Crippen LogP contribution < -0.4 is 0 Å². The van der Waals surface area contributed by atoms with Gasteiger partial charge in [-0.05, 0) is 55.9 Å². The van der Waals surface area contributed by atoms with Gasteiger partial charge in [0.2, 0.25) is 0 Å². The molecule has 2 rings (SSSR count). The lowest BCUT2D eigenvalue weighted by molar-refractivity contribution is 0.694. The lowest BCUT2D eigenvalue weighted by atomic mass is 9.98. The zero-order chi connectivity index (χ0) is 14.2. The molecule has 2 heteroatoms. The predicted octanol–water partition coefficient (Wildman–Crippen LogP) is 3.89. The number of rotatable bonds is 4. The van der Waals surface area contributed by atoms with Gasteiger partial charge in [0, 0.05) is 37.4 Å². The van der Waals surface area contributed by atoms with Gasteiger partial charge in [-0.1, -0.05) is 13.8 Å². The Hall–Kier alpha value is -1.44. The minimum Gasteiger partial charge on any atom is -0.354 e. The Morgan fingerprint density at radius 2 is 1.84 bits per heavy atom. The summed E-state index contributed by atoms with van der Waals surface area (Å²) >= 11 is 0. The maximum Gasteiger partial charge on any atom is 0.0183 e. The van der Waals surface area contributed by atoms with Crippen LogP contribution >= 0.6 is 0 Å². The minimum absolute atomic E-state index is 0.567. The van der Waals surface area contributed by atoms with Crippen LogP contribution in [0.4, 0.5) is 0 Å². The summed E-state index contributed by atoms with van der Waals surface area (Å²) in [6, 6.07) is 4.68. The molecule has 19 heavy (non-hydrogen) atoms. The maximum atomic E-state index is 2.38. The van der Waals surface area contributed by atoms with Crippen LogP contribution in [0, 0.1) is 13.8 Å². The summed E-state index contributed by atoms with van der Waals surface area (Å²) in [4.78, 5) is 0. The van der Waals surface area contributed by atoms with Gasteiger partial charge < -0.3 is 9.13 Å². The molecule has 2 aromatic rings. The van der Waals surface area contributed by atoms with Crippen molar-refractivity contribution < 1.29 is 0 Å². The van der Waals surface area contributed by atoms with E-state index in [4.69, 9.17) is 0 Å². The zero-order valence-electron chi connectivity index (χ0n) is 13.1. The molecule has 1 unspecified atom stereocenters. The van der Waals surface area contributed by atoms with E-state index in [-0.39, 0.29) is 0 Å². The fraction of sp³-hybridized carbons (Fsp3) is 0.529. The molecule has 0 aliphatic carbocycles. The van der Waals surface area contributed by atoms with Crippen LogP contribution in [0.5, 0.6) is 0 Å². The topological polar surface area (TPSA) is 9.86 Å². The van der Waals surface area contributed by atoms with Crippen molar-refractivity contribution in [3.63, 3.8) is 0 Å². The lowest BCUT2D eigenvalue weighted by Crippen LogP contribution is -2.03. The van der Waals surface area contributed by atoms with Gasteiger partial charge in [-0.25, -0.2) is 0 Å². The minimum atomic E-state index is 0.567. The summed E-state index contributed by atoms with van der Waals surface area (Å²) in [6.45, 7) is 8.94. The molecule has 2 heterocycles. The monoisotopic (exact) mass is 258 g/mol. The Bertz CT molecular complexity index is 553. The average Bonchev–Trinajstić information content (AvgIpc) is 2.84. The van der Waals surface area contributed by atoms with Crippen LogP contribution in [-0.2, 0) is 26.9 Å². The van der Waals surface area contributed by atoms with E-state index in [0.717, 1.165) is 12.8 Å². The van der Waals surface area contributed by atoms with E-state index in [9.17, 15) is 0 Å². The molecule has 0 saturated heterocycles. The number of nitrogens with zero attached hydrogens (tertiary/aromatic N) is 2. The van der Waals surface area contributed by atoms with E-state index >= 15 is 0 Å². The Morgan fingerprint density at radius 1 is 1.16 bits per heavy atom. The van der Waals surface area contributed by atoms with Gasteiger partial charge in [-0.3, -0.25) is 0 Å². The van der Waals surface area contributed by atoms with Crippen molar-refractivity contribution in [2.24, 2.45) is 14.1 Å². The molecule has 0 amide bonds. The van der Waals surface area contributed by atoms with Crippen molar-refractivity contribution in [3.8, 4) is 0 Å². The van der Waals surface area contributed by atoms with Gasteiger partial charge in [0.25, 0.3) is 0 Å². The standard InChI is InChI=1S/C17H26N2/c1-7-15-10-17(19(6)14(15)4)8-12(2)16-9-13(3)18(5)11-16/h9-12H,7-8H2,1-6H3.